The largest absolute Gasteiger partial charge is 0.273 e. The Morgan fingerprint density at radius 3 is 2.48 bits per heavy atom. The number of non-ortho nitro benzene ring substituents is 1. The first-order chi connectivity index (χ1) is 15.9. The third kappa shape index (κ3) is 5.54. The number of fused-ring (bicyclic) bond motifs is 1. The number of hydrogen-bond acceptors (Lipinski definition) is 6. The molecule has 0 aliphatic rings. The zero-order chi connectivity index (χ0) is 23.4. The zero-order valence-electron chi connectivity index (χ0n) is 16.8. The van der Waals surface area contributed by atoms with Gasteiger partial charge in [-0.1, -0.05) is 39.4 Å². The quantitative estimate of drug-likeness (QED) is 0.130. The van der Waals surface area contributed by atoms with E-state index in [0.29, 0.717) is 21.8 Å². The smallest absolute Gasteiger partial charge is 0.267 e. The van der Waals surface area contributed by atoms with Crippen molar-refractivity contribution >= 4 is 66.5 Å². The highest BCUT2D eigenvalue weighted by molar-refractivity contribution is 9.10. The molecule has 0 N–H and O–H groups in total. The van der Waals surface area contributed by atoms with Crippen molar-refractivity contribution in [3.05, 3.63) is 104 Å². The van der Waals surface area contributed by atoms with E-state index < -0.39 is 10.8 Å². The molecule has 0 aliphatic heterocycles. The van der Waals surface area contributed by atoms with Crippen LogP contribution in [0, 0.1) is 15.9 Å². The molecule has 4 aromatic rings. The number of amides is 1. The Morgan fingerprint density at radius 1 is 1.09 bits per heavy atom. The molecule has 33 heavy (non-hydrogen) atoms. The maximum absolute atomic E-state index is 13.2. The molecule has 164 valence electrons. The van der Waals surface area contributed by atoms with E-state index in [1.807, 2.05) is 18.2 Å². The molecule has 0 saturated carbocycles. The number of rotatable bonds is 6. The van der Waals surface area contributed by atoms with E-state index in [4.69, 9.17) is 0 Å². The molecule has 0 atom stereocenters. The summed E-state index contributed by atoms with van der Waals surface area (Å²) in [5.41, 5.74) is 1.90. The third-order valence-electron chi connectivity index (χ3n) is 4.44. The van der Waals surface area contributed by atoms with Crippen LogP contribution in [0.2, 0.25) is 0 Å². The molecular formula is C23H14BrFN4O3S. The first kappa shape index (κ1) is 22.4. The van der Waals surface area contributed by atoms with Gasteiger partial charge in [0.05, 0.1) is 21.4 Å². The number of nitro benzene ring substituents is 1. The van der Waals surface area contributed by atoms with Crippen LogP contribution in [0.3, 0.4) is 0 Å². The van der Waals surface area contributed by atoms with Gasteiger partial charge in [0.15, 0.2) is 0 Å². The van der Waals surface area contributed by atoms with Crippen molar-refractivity contribution in [2.45, 2.75) is 0 Å². The molecule has 0 aliphatic carbocycles. The maximum Gasteiger partial charge on any atom is 0.273 e. The van der Waals surface area contributed by atoms with Crippen molar-refractivity contribution in [1.29, 1.82) is 0 Å². The van der Waals surface area contributed by atoms with Crippen molar-refractivity contribution in [3.8, 4) is 0 Å². The number of carbonyl (C=O) groups is 1. The molecule has 1 heterocycles. The number of carbonyl (C=O) groups excluding carboxylic acids is 1. The lowest BCUT2D eigenvalue weighted by atomic mass is 10.2. The van der Waals surface area contributed by atoms with Crippen LogP contribution in [0.5, 0.6) is 0 Å². The van der Waals surface area contributed by atoms with E-state index in [1.54, 1.807) is 24.3 Å². The second-order valence-corrected chi connectivity index (χ2v) is 8.66. The molecule has 1 amide bonds. The lowest BCUT2D eigenvalue weighted by Crippen LogP contribution is -2.23. The summed E-state index contributed by atoms with van der Waals surface area (Å²) < 4.78 is 14.9. The second-order valence-electron chi connectivity index (χ2n) is 6.74. The number of nitro groups is 1. The number of benzene rings is 3. The van der Waals surface area contributed by atoms with Crippen LogP contribution >= 0.6 is 27.3 Å². The average molecular weight is 525 g/mol. The van der Waals surface area contributed by atoms with E-state index in [0.717, 1.165) is 14.2 Å². The van der Waals surface area contributed by atoms with E-state index in [1.165, 1.54) is 54.0 Å². The van der Waals surface area contributed by atoms with Gasteiger partial charge in [0.25, 0.3) is 11.6 Å². The average Bonchev–Trinajstić information content (AvgIpc) is 3.22. The highest BCUT2D eigenvalue weighted by Gasteiger charge is 2.17. The summed E-state index contributed by atoms with van der Waals surface area (Å²) in [7, 11) is 0. The van der Waals surface area contributed by atoms with Crippen molar-refractivity contribution in [2.75, 3.05) is 5.01 Å². The molecule has 3 aromatic carbocycles. The molecule has 0 unspecified atom stereocenters. The third-order valence-corrected chi connectivity index (χ3v) is 5.93. The SMILES string of the molecule is O=C(/C=C/c1ccc([N+](=O)[O-])cc1)N(/N=C/c1ccc(F)cc1)c1nc2ccc(Br)cc2s1. The van der Waals surface area contributed by atoms with Gasteiger partial charge in [-0.2, -0.15) is 10.1 Å². The Morgan fingerprint density at radius 2 is 1.79 bits per heavy atom. The topological polar surface area (TPSA) is 88.7 Å². The summed E-state index contributed by atoms with van der Waals surface area (Å²) in [5.74, 6) is -0.840. The van der Waals surface area contributed by atoms with Crippen LogP contribution in [-0.4, -0.2) is 22.0 Å². The minimum absolute atomic E-state index is 0.0374. The van der Waals surface area contributed by atoms with E-state index in [2.05, 4.69) is 26.0 Å². The Balaban J connectivity index is 1.65. The van der Waals surface area contributed by atoms with Gasteiger partial charge in [0.2, 0.25) is 5.13 Å². The molecule has 0 fully saturated rings. The van der Waals surface area contributed by atoms with E-state index >= 15 is 0 Å². The monoisotopic (exact) mass is 524 g/mol. The minimum atomic E-state index is -0.490. The highest BCUT2D eigenvalue weighted by atomic mass is 79.9. The number of halogens is 2. The molecule has 0 saturated heterocycles. The molecule has 10 heteroatoms. The summed E-state index contributed by atoms with van der Waals surface area (Å²) in [6.45, 7) is 0. The fraction of sp³-hybridized carbons (Fsp3) is 0. The van der Waals surface area contributed by atoms with Gasteiger partial charge in [-0.25, -0.2) is 9.37 Å². The van der Waals surface area contributed by atoms with Crippen LogP contribution in [0.1, 0.15) is 11.1 Å². The molecule has 4 rings (SSSR count). The summed E-state index contributed by atoms with van der Waals surface area (Å²) >= 11 is 4.72. The Bertz CT molecular complexity index is 1390. The zero-order valence-corrected chi connectivity index (χ0v) is 19.2. The first-order valence-electron chi connectivity index (χ1n) is 9.51. The number of nitrogens with zero attached hydrogens (tertiary/aromatic N) is 4. The molecular weight excluding hydrogens is 511 g/mol. The number of thiazole rings is 1. The Hall–Kier alpha value is -3.76. The summed E-state index contributed by atoms with van der Waals surface area (Å²) in [6, 6.07) is 17.1. The Labute approximate surface area is 199 Å². The minimum Gasteiger partial charge on any atom is -0.267 e. The second kappa shape index (κ2) is 9.80. The predicted molar refractivity (Wildman–Crippen MR) is 131 cm³/mol. The van der Waals surface area contributed by atoms with Crippen LogP contribution < -0.4 is 5.01 Å². The Kier molecular flexibility index (Phi) is 6.66. The molecule has 7 nitrogen and oxygen atoms in total. The number of aromatic nitrogens is 1. The molecule has 0 radical (unpaired) electrons. The van der Waals surface area contributed by atoms with Gasteiger partial charge >= 0.3 is 0 Å². The fourth-order valence-corrected chi connectivity index (χ4v) is 4.28. The van der Waals surface area contributed by atoms with Crippen LogP contribution in [0.25, 0.3) is 16.3 Å². The fourth-order valence-electron chi connectivity index (χ4n) is 2.80. The number of hydrazone groups is 1. The van der Waals surface area contributed by atoms with Gasteiger partial charge in [0.1, 0.15) is 5.82 Å². The van der Waals surface area contributed by atoms with Crippen molar-refractivity contribution < 1.29 is 14.1 Å². The molecule has 0 bridgehead atoms. The number of anilines is 1. The first-order valence-corrected chi connectivity index (χ1v) is 11.1. The van der Waals surface area contributed by atoms with Crippen LogP contribution in [-0.2, 0) is 4.79 Å². The van der Waals surface area contributed by atoms with Gasteiger partial charge in [0, 0.05) is 22.7 Å². The van der Waals surface area contributed by atoms with Gasteiger partial charge < -0.3 is 0 Å². The summed E-state index contributed by atoms with van der Waals surface area (Å²) in [4.78, 5) is 27.9. The van der Waals surface area contributed by atoms with Crippen molar-refractivity contribution in [3.63, 3.8) is 0 Å². The van der Waals surface area contributed by atoms with Crippen LogP contribution in [0.4, 0.5) is 15.2 Å². The standard InChI is InChI=1S/C23H14BrFN4O3S/c24-17-6-11-20-21(13-17)33-23(27-20)28(26-14-16-1-7-18(25)8-2-16)22(30)12-5-15-3-9-19(10-4-15)29(31)32/h1-14H/b12-5+,26-14+. The maximum atomic E-state index is 13.2. The summed E-state index contributed by atoms with van der Waals surface area (Å²) in [6.07, 6.45) is 4.29. The van der Waals surface area contributed by atoms with Crippen LogP contribution in [0.15, 0.2) is 82.4 Å². The molecule has 0 spiro atoms. The van der Waals surface area contributed by atoms with Crippen molar-refractivity contribution in [2.24, 2.45) is 5.10 Å². The highest BCUT2D eigenvalue weighted by Crippen LogP contribution is 2.31. The lowest BCUT2D eigenvalue weighted by Gasteiger charge is -2.11. The number of hydrogen-bond donors (Lipinski definition) is 0. The summed E-state index contributed by atoms with van der Waals surface area (Å²) in [5, 5.41) is 16.6. The van der Waals surface area contributed by atoms with Gasteiger partial charge in [-0.05, 0) is 59.7 Å². The van der Waals surface area contributed by atoms with Gasteiger partial charge in [-0.15, -0.1) is 0 Å². The van der Waals surface area contributed by atoms with Crippen molar-refractivity contribution in [1.82, 2.24) is 4.98 Å². The van der Waals surface area contributed by atoms with E-state index in [-0.39, 0.29) is 11.5 Å². The normalized spacial score (nSPS) is 11.5. The van der Waals surface area contributed by atoms with Gasteiger partial charge in [-0.3, -0.25) is 14.9 Å². The predicted octanol–water partition coefficient (Wildman–Crippen LogP) is 6.19. The molecule has 1 aromatic heterocycles. The van der Waals surface area contributed by atoms with E-state index in [9.17, 15) is 19.3 Å². The lowest BCUT2D eigenvalue weighted by molar-refractivity contribution is -0.384.